The second kappa shape index (κ2) is 20.1. The average molecular weight is 1230 g/mol. The first kappa shape index (κ1) is 53.4. The van der Waals surface area contributed by atoms with E-state index in [4.69, 9.17) is 0 Å². The Bertz CT molecular complexity index is 6750. The van der Waals surface area contributed by atoms with Crippen LogP contribution in [0.1, 0.15) is 11.1 Å². The topological polar surface area (TPSA) is 77.2 Å². The summed E-state index contributed by atoms with van der Waals surface area (Å²) in [5, 5.41) is 33.5. The van der Waals surface area contributed by atoms with Crippen LogP contribution in [0.2, 0.25) is 0 Å². The highest BCUT2D eigenvalue weighted by molar-refractivity contribution is 6.17. The highest BCUT2D eigenvalue weighted by atomic mass is 19.1. The van der Waals surface area contributed by atoms with Crippen LogP contribution in [0.3, 0.4) is 0 Å². The third-order valence-electron chi connectivity index (χ3n) is 19.9. The number of nitrogens with zero attached hydrogens (tertiary/aromatic N) is 8. The molecule has 0 saturated heterocycles. The molecule has 0 aliphatic carbocycles. The summed E-state index contributed by atoms with van der Waals surface area (Å²) >= 11 is 0. The van der Waals surface area contributed by atoms with Gasteiger partial charge in [-0.2, -0.15) is 10.5 Å². The molecule has 8 nitrogen and oxygen atoms in total. The van der Waals surface area contributed by atoms with E-state index in [9.17, 15) is 10.5 Å². The van der Waals surface area contributed by atoms with Gasteiger partial charge in [-0.25, -0.2) is 8.78 Å². The molecule has 0 radical (unpaired) electrons. The second-order valence-corrected chi connectivity index (χ2v) is 25.0. The van der Waals surface area contributed by atoms with Gasteiger partial charge in [-0.15, -0.1) is 0 Å². The van der Waals surface area contributed by atoms with Gasteiger partial charge in [0, 0.05) is 99.1 Å². The fraction of sp³-hybridized carbons (Fsp3) is 0. The number of aromatic nitrogens is 6. The Morgan fingerprint density at radius 3 is 0.719 bits per heavy atom. The quantitative estimate of drug-likeness (QED) is 0.159. The summed E-state index contributed by atoms with van der Waals surface area (Å²) in [5.41, 5.74) is 20.3. The highest BCUT2D eigenvalue weighted by Gasteiger charge is 2.24. The number of para-hydroxylation sites is 6. The first-order valence-corrected chi connectivity index (χ1v) is 32.0. The zero-order valence-corrected chi connectivity index (χ0v) is 51.0. The Kier molecular flexibility index (Phi) is 11.2. The van der Waals surface area contributed by atoms with Crippen LogP contribution < -0.4 is 0 Å². The van der Waals surface area contributed by atoms with Gasteiger partial charge in [0.15, 0.2) is 0 Å². The lowest BCUT2D eigenvalue weighted by Gasteiger charge is -2.11. The minimum absolute atomic E-state index is 0.405. The number of halogens is 2. The van der Waals surface area contributed by atoms with Crippen molar-refractivity contribution in [1.29, 1.82) is 10.5 Å². The Morgan fingerprint density at radius 1 is 0.198 bits per heavy atom. The standard InChI is InChI=1S/C86H48F2N8/c87-55-42-56(88)44-62(43-55)96-85-35-28-58(92-77-21-9-3-15-65(77)66-16-4-10-22-78(66)92)46-73(85)74-48-60(30-36-86(74)96)94-80-24-12-6-18-68(80)70-41-54(26-32-82(70)94)53-25-31-81-69(40-53)67-17-5-11-23-79(67)93(81)59-29-34-84-72(47-59)71-45-57(91-75-19-7-1-13-63(75)64-14-2-8-20-76(64)91)27-33-83(71)95(84)61-38-51(49-89)37-52(39-61)50-90/h1-48H. The molecule has 446 valence electrons. The number of hydrogen-bond donors (Lipinski definition) is 0. The van der Waals surface area contributed by atoms with Crippen molar-refractivity contribution in [2.45, 2.75) is 0 Å². The first-order chi connectivity index (χ1) is 47.3. The van der Waals surface area contributed by atoms with Gasteiger partial charge < -0.3 is 27.4 Å². The minimum atomic E-state index is -0.643. The third-order valence-corrected chi connectivity index (χ3v) is 19.9. The van der Waals surface area contributed by atoms with Crippen molar-refractivity contribution >= 4 is 131 Å². The van der Waals surface area contributed by atoms with E-state index >= 15 is 8.78 Å². The lowest BCUT2D eigenvalue weighted by Crippen LogP contribution is -1.98. The summed E-state index contributed by atoms with van der Waals surface area (Å²) in [4.78, 5) is 0. The van der Waals surface area contributed by atoms with E-state index in [-0.39, 0.29) is 0 Å². The molecule has 6 heterocycles. The normalized spacial score (nSPS) is 12.0. The molecule has 96 heavy (non-hydrogen) atoms. The molecule has 0 atom stereocenters. The van der Waals surface area contributed by atoms with Crippen molar-refractivity contribution < 1.29 is 8.78 Å². The third kappa shape index (κ3) is 7.66. The van der Waals surface area contributed by atoms with Gasteiger partial charge in [-0.05, 0) is 175 Å². The van der Waals surface area contributed by atoms with Crippen molar-refractivity contribution in [2.24, 2.45) is 0 Å². The number of nitriles is 2. The summed E-state index contributed by atoms with van der Waals surface area (Å²) in [6.07, 6.45) is 0. The fourth-order valence-corrected chi connectivity index (χ4v) is 15.9. The molecule has 0 bridgehead atoms. The van der Waals surface area contributed by atoms with Crippen LogP contribution in [0, 0.1) is 34.3 Å². The highest BCUT2D eigenvalue weighted by Crippen LogP contribution is 2.44. The van der Waals surface area contributed by atoms with Crippen molar-refractivity contribution in [3.05, 3.63) is 314 Å². The average Bonchev–Trinajstić information content (AvgIpc) is 1.57. The molecule has 0 aliphatic heterocycles. The van der Waals surface area contributed by atoms with E-state index in [1.54, 1.807) is 6.07 Å². The molecule has 20 aromatic rings. The summed E-state index contributed by atoms with van der Waals surface area (Å²) in [6, 6.07) is 105. The van der Waals surface area contributed by atoms with Crippen molar-refractivity contribution in [3.63, 3.8) is 0 Å². The van der Waals surface area contributed by atoms with E-state index < -0.39 is 11.6 Å². The Balaban J connectivity index is 0.739. The zero-order valence-electron chi connectivity index (χ0n) is 51.0. The van der Waals surface area contributed by atoms with Crippen LogP contribution in [-0.4, -0.2) is 27.4 Å². The van der Waals surface area contributed by atoms with Crippen molar-refractivity contribution in [2.75, 3.05) is 0 Å². The van der Waals surface area contributed by atoms with Crippen LogP contribution in [0.4, 0.5) is 8.78 Å². The lowest BCUT2D eigenvalue weighted by atomic mass is 10.0. The number of hydrogen-bond acceptors (Lipinski definition) is 2. The van der Waals surface area contributed by atoms with Crippen LogP contribution in [-0.2, 0) is 0 Å². The van der Waals surface area contributed by atoms with Gasteiger partial charge in [0.25, 0.3) is 0 Å². The Morgan fingerprint density at radius 2 is 0.427 bits per heavy atom. The smallest absolute Gasteiger partial charge is 0.128 e. The second-order valence-electron chi connectivity index (χ2n) is 25.0. The van der Waals surface area contributed by atoms with Gasteiger partial charge in [-0.3, -0.25) is 0 Å². The van der Waals surface area contributed by atoms with E-state index in [0.29, 0.717) is 16.8 Å². The van der Waals surface area contributed by atoms with Crippen LogP contribution in [0.15, 0.2) is 291 Å². The fourth-order valence-electron chi connectivity index (χ4n) is 15.9. The molecule has 0 N–H and O–H groups in total. The van der Waals surface area contributed by atoms with Crippen LogP contribution in [0.25, 0.3) is 176 Å². The Labute approximate surface area is 545 Å². The molecule has 0 fully saturated rings. The van der Waals surface area contributed by atoms with Crippen molar-refractivity contribution in [3.8, 4) is 57.4 Å². The minimum Gasteiger partial charge on any atom is -0.309 e. The summed E-state index contributed by atoms with van der Waals surface area (Å²) in [6.45, 7) is 0. The zero-order chi connectivity index (χ0) is 63.6. The molecule has 20 rings (SSSR count). The van der Waals surface area contributed by atoms with Crippen LogP contribution in [0.5, 0.6) is 0 Å². The summed E-state index contributed by atoms with van der Waals surface area (Å²) < 4.78 is 44.0. The molecule has 14 aromatic carbocycles. The summed E-state index contributed by atoms with van der Waals surface area (Å²) in [5.74, 6) is -1.29. The molecule has 10 heteroatoms. The molecule has 0 spiro atoms. The maximum Gasteiger partial charge on any atom is 0.128 e. The SMILES string of the molecule is N#Cc1cc(C#N)cc(-n2c3ccc(-n4c5ccccc5c5ccccc54)cc3c3cc(-n4c5ccccc5c5cc(-c6ccc7c(c6)c6ccccc6n7-c6ccc7c(c6)c6cc(-n8c9ccccc9c9ccccc98)ccc6n7-c6cc(F)cc(F)c6)ccc54)ccc32)c1. The predicted octanol–water partition coefficient (Wildman–Crippen LogP) is 22.0. The summed E-state index contributed by atoms with van der Waals surface area (Å²) in [7, 11) is 0. The Hall–Kier alpha value is -13.3. The monoisotopic (exact) mass is 1230 g/mol. The van der Waals surface area contributed by atoms with Gasteiger partial charge in [0.2, 0.25) is 0 Å². The van der Waals surface area contributed by atoms with Gasteiger partial charge in [-0.1, -0.05) is 121 Å². The predicted molar refractivity (Wildman–Crippen MR) is 387 cm³/mol. The van der Waals surface area contributed by atoms with Gasteiger partial charge in [0.05, 0.1) is 95.2 Å². The van der Waals surface area contributed by atoms with Gasteiger partial charge in [0.1, 0.15) is 11.6 Å². The molecule has 0 amide bonds. The number of benzene rings is 14. The van der Waals surface area contributed by atoms with Crippen molar-refractivity contribution in [1.82, 2.24) is 27.4 Å². The lowest BCUT2D eigenvalue weighted by molar-refractivity contribution is 0.582. The van der Waals surface area contributed by atoms with Gasteiger partial charge >= 0.3 is 0 Å². The molecule has 0 aliphatic rings. The number of fused-ring (bicyclic) bond motifs is 18. The van der Waals surface area contributed by atoms with Crippen LogP contribution >= 0.6 is 0 Å². The molecule has 0 saturated carbocycles. The van der Waals surface area contributed by atoms with E-state index in [0.717, 1.165) is 166 Å². The van der Waals surface area contributed by atoms with E-state index in [1.165, 1.54) is 22.9 Å². The molecular weight excluding hydrogens is 1180 g/mol. The molecule has 0 unspecified atom stereocenters. The van der Waals surface area contributed by atoms with E-state index in [1.807, 2.05) is 16.7 Å². The maximum absolute atomic E-state index is 15.2. The molecular formula is C86H48F2N8. The maximum atomic E-state index is 15.2. The molecule has 6 aromatic heterocycles. The van der Waals surface area contributed by atoms with E-state index in [2.05, 4.69) is 290 Å². The first-order valence-electron chi connectivity index (χ1n) is 32.0. The number of rotatable bonds is 7. The largest absolute Gasteiger partial charge is 0.309 e.